The van der Waals surface area contributed by atoms with Gasteiger partial charge < -0.3 is 16.0 Å². The van der Waals surface area contributed by atoms with E-state index in [1.807, 2.05) is 32.0 Å². The van der Waals surface area contributed by atoms with Gasteiger partial charge in [0, 0.05) is 29.7 Å². The summed E-state index contributed by atoms with van der Waals surface area (Å²) in [5, 5.41) is 3.11. The molecule has 2 amide bonds. The summed E-state index contributed by atoms with van der Waals surface area (Å²) < 4.78 is 1.01. The third kappa shape index (κ3) is 3.35. The quantitative estimate of drug-likeness (QED) is 0.805. The van der Waals surface area contributed by atoms with Gasteiger partial charge in [-0.3, -0.25) is 9.59 Å². The van der Waals surface area contributed by atoms with Gasteiger partial charge in [0.25, 0.3) is 0 Å². The molecular formula is C18H24BrN3O2. The maximum atomic E-state index is 12.6. The number of nitrogens with one attached hydrogen (secondary N) is 1. The maximum Gasteiger partial charge on any atom is 0.227 e. The highest BCUT2D eigenvalue weighted by Crippen LogP contribution is 2.39. The Hall–Kier alpha value is -1.40. The number of hydrogen-bond acceptors (Lipinski definition) is 3. The Kier molecular flexibility index (Phi) is 4.71. The number of carbonyl (C=O) groups excluding carboxylic acids is 2. The second-order valence-electron chi connectivity index (χ2n) is 7.22. The monoisotopic (exact) mass is 393 g/mol. The van der Waals surface area contributed by atoms with Gasteiger partial charge in [0.1, 0.15) is 0 Å². The third-order valence-corrected chi connectivity index (χ3v) is 6.15. The normalized spacial score (nSPS) is 23.2. The molecule has 130 valence electrons. The van der Waals surface area contributed by atoms with Crippen molar-refractivity contribution in [2.24, 2.45) is 17.6 Å². The minimum absolute atomic E-state index is 0.00209. The van der Waals surface area contributed by atoms with Crippen LogP contribution in [0.1, 0.15) is 31.7 Å². The maximum absolute atomic E-state index is 12.6. The van der Waals surface area contributed by atoms with E-state index in [1.54, 1.807) is 4.90 Å². The average molecular weight is 394 g/mol. The molecule has 1 aliphatic carbocycles. The van der Waals surface area contributed by atoms with E-state index in [-0.39, 0.29) is 29.7 Å². The number of anilines is 1. The molecule has 6 heteroatoms. The van der Waals surface area contributed by atoms with Crippen molar-refractivity contribution in [1.82, 2.24) is 5.32 Å². The van der Waals surface area contributed by atoms with Crippen molar-refractivity contribution in [3.05, 3.63) is 28.2 Å². The predicted molar refractivity (Wildman–Crippen MR) is 97.7 cm³/mol. The lowest BCUT2D eigenvalue weighted by Gasteiger charge is -2.30. The number of rotatable bonds is 5. The lowest BCUT2D eigenvalue weighted by molar-refractivity contribution is -0.128. The first-order valence-corrected chi connectivity index (χ1v) is 9.22. The summed E-state index contributed by atoms with van der Waals surface area (Å²) >= 11 is 3.47. The van der Waals surface area contributed by atoms with E-state index in [2.05, 4.69) is 21.2 Å². The molecule has 5 nitrogen and oxygen atoms in total. The SMILES string of the molecule is Cc1cc(N2CC(C(=O)NC(C)(CN)C3CC3)CC2=O)ccc1Br. The number of hydrogen-bond donors (Lipinski definition) is 2. The van der Waals surface area contributed by atoms with E-state index in [0.29, 0.717) is 19.0 Å². The second-order valence-corrected chi connectivity index (χ2v) is 8.08. The number of nitrogens with zero attached hydrogens (tertiary/aromatic N) is 1. The summed E-state index contributed by atoms with van der Waals surface area (Å²) in [4.78, 5) is 26.7. The van der Waals surface area contributed by atoms with Crippen molar-refractivity contribution in [3.63, 3.8) is 0 Å². The van der Waals surface area contributed by atoms with Crippen LogP contribution in [0.2, 0.25) is 0 Å². The lowest BCUT2D eigenvalue weighted by Crippen LogP contribution is -2.54. The van der Waals surface area contributed by atoms with Crippen molar-refractivity contribution in [1.29, 1.82) is 0 Å². The Morgan fingerprint density at radius 2 is 2.17 bits per heavy atom. The highest BCUT2D eigenvalue weighted by atomic mass is 79.9. The van der Waals surface area contributed by atoms with Crippen molar-refractivity contribution in [3.8, 4) is 0 Å². The molecule has 0 bridgehead atoms. The van der Waals surface area contributed by atoms with Crippen LogP contribution in [0.4, 0.5) is 5.69 Å². The number of carbonyl (C=O) groups is 2. The fraction of sp³-hybridized carbons (Fsp3) is 0.556. The van der Waals surface area contributed by atoms with Gasteiger partial charge >= 0.3 is 0 Å². The Balaban J connectivity index is 1.69. The Bertz CT molecular complexity index is 674. The molecule has 3 N–H and O–H groups in total. The first-order valence-electron chi connectivity index (χ1n) is 8.42. The second kappa shape index (κ2) is 6.48. The summed E-state index contributed by atoms with van der Waals surface area (Å²) in [6.45, 7) is 4.85. The average Bonchev–Trinajstić information content (AvgIpc) is 3.33. The van der Waals surface area contributed by atoms with Crippen LogP contribution in [-0.2, 0) is 9.59 Å². The Morgan fingerprint density at radius 3 is 2.75 bits per heavy atom. The van der Waals surface area contributed by atoms with Gasteiger partial charge in [-0.05, 0) is 56.4 Å². The van der Waals surface area contributed by atoms with Crippen molar-refractivity contribution in [2.45, 2.75) is 38.6 Å². The van der Waals surface area contributed by atoms with Gasteiger partial charge in [-0.15, -0.1) is 0 Å². The van der Waals surface area contributed by atoms with Crippen LogP contribution < -0.4 is 16.0 Å². The highest BCUT2D eigenvalue weighted by Gasteiger charge is 2.44. The first-order chi connectivity index (χ1) is 11.3. The molecule has 1 aromatic rings. The molecule has 1 aromatic carbocycles. The molecule has 1 saturated carbocycles. The molecule has 1 heterocycles. The highest BCUT2D eigenvalue weighted by molar-refractivity contribution is 9.10. The predicted octanol–water partition coefficient (Wildman–Crippen LogP) is 2.35. The minimum atomic E-state index is -0.345. The van der Waals surface area contributed by atoms with Crippen LogP contribution in [0, 0.1) is 18.8 Å². The fourth-order valence-electron chi connectivity index (χ4n) is 3.35. The fourth-order valence-corrected chi connectivity index (χ4v) is 3.60. The first kappa shape index (κ1) is 17.4. The zero-order valence-electron chi connectivity index (χ0n) is 14.1. The molecule has 2 atom stereocenters. The van der Waals surface area contributed by atoms with Crippen LogP contribution in [0.5, 0.6) is 0 Å². The van der Waals surface area contributed by atoms with Crippen LogP contribution in [0.3, 0.4) is 0 Å². The Morgan fingerprint density at radius 1 is 1.46 bits per heavy atom. The zero-order valence-corrected chi connectivity index (χ0v) is 15.7. The van der Waals surface area contributed by atoms with E-state index in [4.69, 9.17) is 5.73 Å². The minimum Gasteiger partial charge on any atom is -0.349 e. The van der Waals surface area contributed by atoms with Gasteiger partial charge in [-0.25, -0.2) is 0 Å². The lowest BCUT2D eigenvalue weighted by atomic mass is 9.94. The summed E-state index contributed by atoms with van der Waals surface area (Å²) in [5.41, 5.74) is 7.44. The van der Waals surface area contributed by atoms with E-state index in [0.717, 1.165) is 28.6 Å². The van der Waals surface area contributed by atoms with Crippen molar-refractivity contribution in [2.75, 3.05) is 18.0 Å². The summed E-state index contributed by atoms with van der Waals surface area (Å²) in [6.07, 6.45) is 2.48. The van der Waals surface area contributed by atoms with Crippen LogP contribution in [0.15, 0.2) is 22.7 Å². The van der Waals surface area contributed by atoms with Gasteiger partial charge in [-0.2, -0.15) is 0 Å². The molecule has 2 unspecified atom stereocenters. The molecule has 1 saturated heterocycles. The Labute approximate surface area is 151 Å². The van der Waals surface area contributed by atoms with Crippen molar-refractivity contribution >= 4 is 33.4 Å². The third-order valence-electron chi connectivity index (χ3n) is 5.26. The molecule has 0 radical (unpaired) electrons. The molecule has 0 spiro atoms. The van der Waals surface area contributed by atoms with Gasteiger partial charge in [-0.1, -0.05) is 15.9 Å². The van der Waals surface area contributed by atoms with E-state index < -0.39 is 0 Å². The largest absolute Gasteiger partial charge is 0.349 e. The summed E-state index contributed by atoms with van der Waals surface area (Å²) in [7, 11) is 0. The van der Waals surface area contributed by atoms with Gasteiger partial charge in [0.05, 0.1) is 11.5 Å². The van der Waals surface area contributed by atoms with E-state index >= 15 is 0 Å². The zero-order chi connectivity index (χ0) is 17.5. The number of nitrogens with two attached hydrogens (primary N) is 1. The van der Waals surface area contributed by atoms with E-state index in [1.165, 1.54) is 0 Å². The molecule has 1 aliphatic heterocycles. The molecular weight excluding hydrogens is 370 g/mol. The molecule has 2 aliphatic rings. The number of amides is 2. The summed E-state index contributed by atoms with van der Waals surface area (Å²) in [5.74, 6) is 0.0946. The topological polar surface area (TPSA) is 75.4 Å². The number of halogens is 1. The molecule has 24 heavy (non-hydrogen) atoms. The molecule has 3 rings (SSSR count). The van der Waals surface area contributed by atoms with Crippen LogP contribution in [-0.4, -0.2) is 30.4 Å². The van der Waals surface area contributed by atoms with E-state index in [9.17, 15) is 9.59 Å². The van der Waals surface area contributed by atoms with Gasteiger partial charge in [0.2, 0.25) is 11.8 Å². The number of benzene rings is 1. The molecule has 0 aromatic heterocycles. The van der Waals surface area contributed by atoms with Crippen LogP contribution in [0.25, 0.3) is 0 Å². The smallest absolute Gasteiger partial charge is 0.227 e. The molecule has 2 fully saturated rings. The van der Waals surface area contributed by atoms with Crippen molar-refractivity contribution < 1.29 is 9.59 Å². The van der Waals surface area contributed by atoms with Crippen LogP contribution >= 0.6 is 15.9 Å². The van der Waals surface area contributed by atoms with Gasteiger partial charge in [0.15, 0.2) is 0 Å². The number of aryl methyl sites for hydroxylation is 1. The summed E-state index contributed by atoms with van der Waals surface area (Å²) in [6, 6.07) is 5.81. The standard InChI is InChI=1S/C18H24BrN3O2/c1-11-7-14(5-6-15(11)19)22-9-12(8-16(22)23)17(24)21-18(2,10-20)13-3-4-13/h5-7,12-13H,3-4,8-10,20H2,1-2H3,(H,21,24).